The Bertz CT molecular complexity index is 882. The molecule has 2 aromatic carbocycles. The fourth-order valence-corrected chi connectivity index (χ4v) is 3.85. The van der Waals surface area contributed by atoms with Crippen molar-refractivity contribution in [2.24, 2.45) is 0 Å². The highest BCUT2D eigenvalue weighted by Gasteiger charge is 2.30. The average molecular weight is 370 g/mol. The van der Waals surface area contributed by atoms with Crippen LogP contribution in [0.5, 0.6) is 0 Å². The Morgan fingerprint density at radius 3 is 2.50 bits per heavy atom. The van der Waals surface area contributed by atoms with E-state index in [0.717, 1.165) is 18.9 Å². The van der Waals surface area contributed by atoms with Crippen LogP contribution in [0.1, 0.15) is 34.1 Å². The summed E-state index contributed by atoms with van der Waals surface area (Å²) in [6.45, 7) is 7.74. The molecule has 136 valence electrons. The maximum absolute atomic E-state index is 5.81. The van der Waals surface area contributed by atoms with Crippen LogP contribution in [-0.2, 0) is 17.8 Å². The number of rotatable bonds is 3. The van der Waals surface area contributed by atoms with Gasteiger partial charge in [-0.2, -0.15) is 0 Å². The van der Waals surface area contributed by atoms with Gasteiger partial charge in [0.05, 0.1) is 6.61 Å². The molecule has 5 heteroatoms. The van der Waals surface area contributed by atoms with Gasteiger partial charge >= 0.3 is 5.82 Å². The first-order chi connectivity index (χ1) is 12.1. The van der Waals surface area contributed by atoms with Gasteiger partial charge in [0.15, 0.2) is 0 Å². The molecule has 0 radical (unpaired) electrons. The number of nitrogens with zero attached hydrogens (tertiary/aromatic N) is 3. The highest BCUT2D eigenvalue weighted by atomic mass is 35.5. The Kier molecular flexibility index (Phi) is 5.44. The van der Waals surface area contributed by atoms with Gasteiger partial charge in [-0.15, -0.1) is 0 Å². The number of ether oxygens (including phenoxy) is 1. The van der Waals surface area contributed by atoms with Gasteiger partial charge in [0.1, 0.15) is 18.3 Å². The summed E-state index contributed by atoms with van der Waals surface area (Å²) < 4.78 is 10.1. The van der Waals surface area contributed by atoms with Crippen molar-refractivity contribution in [3.63, 3.8) is 0 Å². The Hall–Kier alpha value is -2.17. The molecule has 0 spiro atoms. The largest absolute Gasteiger partial charge is 1.00 e. The third kappa shape index (κ3) is 3.53. The van der Waals surface area contributed by atoms with Crippen LogP contribution in [-0.4, -0.2) is 16.4 Å². The van der Waals surface area contributed by atoms with E-state index in [9.17, 15) is 0 Å². The molecule has 0 N–H and O–H groups in total. The van der Waals surface area contributed by atoms with Crippen LogP contribution in [0.15, 0.2) is 48.8 Å². The van der Waals surface area contributed by atoms with E-state index < -0.39 is 0 Å². The summed E-state index contributed by atoms with van der Waals surface area (Å²) in [4.78, 5) is 0. The second-order valence-corrected chi connectivity index (χ2v) is 6.99. The lowest BCUT2D eigenvalue weighted by Gasteiger charge is -2.19. The lowest BCUT2D eigenvalue weighted by atomic mass is 10.1. The van der Waals surface area contributed by atoms with Gasteiger partial charge < -0.3 is 17.1 Å². The number of fused-ring (bicyclic) bond motifs is 1. The Balaban J connectivity index is 0.00000196. The molecule has 1 aliphatic heterocycles. The van der Waals surface area contributed by atoms with Crippen molar-refractivity contribution in [2.45, 2.75) is 39.8 Å². The lowest BCUT2D eigenvalue weighted by molar-refractivity contribution is -0.742. The van der Waals surface area contributed by atoms with E-state index >= 15 is 0 Å². The van der Waals surface area contributed by atoms with Crippen LogP contribution in [0.25, 0.3) is 5.69 Å². The van der Waals surface area contributed by atoms with Gasteiger partial charge in [-0.1, -0.05) is 52.7 Å². The fraction of sp³-hybridized carbons (Fsp3) is 0.333. The number of aryl methyl sites for hydroxylation is 3. The normalized spacial score (nSPS) is 16.0. The predicted molar refractivity (Wildman–Crippen MR) is 96.8 cm³/mol. The minimum atomic E-state index is 0. The maximum Gasteiger partial charge on any atom is 0.304 e. The van der Waals surface area contributed by atoms with E-state index in [-0.39, 0.29) is 18.4 Å². The molecule has 4 nitrogen and oxygen atoms in total. The van der Waals surface area contributed by atoms with Crippen molar-refractivity contribution in [3.05, 3.63) is 76.9 Å². The molecule has 0 bridgehead atoms. The van der Waals surface area contributed by atoms with Crippen molar-refractivity contribution >= 4 is 0 Å². The average Bonchev–Trinajstić information content (AvgIpc) is 2.99. The van der Waals surface area contributed by atoms with Crippen LogP contribution in [0.3, 0.4) is 0 Å². The first-order valence-electron chi connectivity index (χ1n) is 8.81. The van der Waals surface area contributed by atoms with Crippen LogP contribution in [0, 0.1) is 20.8 Å². The molecule has 26 heavy (non-hydrogen) atoms. The van der Waals surface area contributed by atoms with Crippen molar-refractivity contribution in [1.29, 1.82) is 0 Å². The summed E-state index contributed by atoms with van der Waals surface area (Å²) in [7, 11) is 0. The van der Waals surface area contributed by atoms with E-state index in [0.29, 0.717) is 6.61 Å². The minimum Gasteiger partial charge on any atom is -1.00 e. The second-order valence-electron chi connectivity index (χ2n) is 6.99. The number of hydrogen-bond donors (Lipinski definition) is 0. The Morgan fingerprint density at radius 2 is 1.81 bits per heavy atom. The predicted octanol–water partition coefficient (Wildman–Crippen LogP) is 0.403. The van der Waals surface area contributed by atoms with Gasteiger partial charge in [-0.3, -0.25) is 0 Å². The van der Waals surface area contributed by atoms with E-state index in [1.807, 2.05) is 4.68 Å². The summed E-state index contributed by atoms with van der Waals surface area (Å²) >= 11 is 0. The fourth-order valence-electron chi connectivity index (χ4n) is 3.85. The van der Waals surface area contributed by atoms with Gasteiger partial charge in [0, 0.05) is 11.5 Å². The smallest absolute Gasteiger partial charge is 0.304 e. The van der Waals surface area contributed by atoms with E-state index in [1.165, 1.54) is 27.9 Å². The molecule has 1 atom stereocenters. The van der Waals surface area contributed by atoms with E-state index in [4.69, 9.17) is 9.84 Å². The molecule has 1 aliphatic rings. The van der Waals surface area contributed by atoms with Gasteiger partial charge in [0.2, 0.25) is 6.33 Å². The number of aromatic nitrogens is 3. The highest BCUT2D eigenvalue weighted by molar-refractivity contribution is 5.48. The molecule has 1 aromatic heterocycles. The summed E-state index contributed by atoms with van der Waals surface area (Å²) in [5.74, 6) is 0.992. The third-order valence-electron chi connectivity index (χ3n) is 4.87. The number of halogens is 1. The molecule has 0 saturated heterocycles. The molecular weight excluding hydrogens is 346 g/mol. The third-order valence-corrected chi connectivity index (χ3v) is 4.87. The molecule has 0 unspecified atom stereocenters. The zero-order chi connectivity index (χ0) is 17.4. The minimum absolute atomic E-state index is 0. The molecule has 2 heterocycles. The van der Waals surface area contributed by atoms with Crippen molar-refractivity contribution in [1.82, 2.24) is 9.78 Å². The summed E-state index contributed by atoms with van der Waals surface area (Å²) in [5, 5.41) is 4.82. The topological polar surface area (TPSA) is 30.9 Å². The molecular formula is C21H24ClN3O. The lowest BCUT2D eigenvalue weighted by Crippen LogP contribution is -3.00. The van der Waals surface area contributed by atoms with E-state index in [2.05, 4.69) is 74.1 Å². The van der Waals surface area contributed by atoms with Crippen molar-refractivity contribution in [2.75, 3.05) is 6.61 Å². The van der Waals surface area contributed by atoms with Gasteiger partial charge in [-0.05, 0) is 37.5 Å². The summed E-state index contributed by atoms with van der Waals surface area (Å²) in [6, 6.07) is 15.3. The SMILES string of the molecule is Cc1cc(C)c(-n2c[n+]3c(n2)COC[C@H]3Cc2ccccc2)c(C)c1.[Cl-]. The van der Waals surface area contributed by atoms with Crippen LogP contribution in [0.4, 0.5) is 0 Å². The highest BCUT2D eigenvalue weighted by Crippen LogP contribution is 2.21. The molecule has 0 amide bonds. The quantitative estimate of drug-likeness (QED) is 0.626. The monoisotopic (exact) mass is 369 g/mol. The Morgan fingerprint density at radius 1 is 1.12 bits per heavy atom. The molecule has 0 aliphatic carbocycles. The van der Waals surface area contributed by atoms with Crippen LogP contribution in [0.2, 0.25) is 0 Å². The first kappa shape index (κ1) is 18.6. The molecule has 0 fully saturated rings. The zero-order valence-corrected chi connectivity index (χ0v) is 16.2. The van der Waals surface area contributed by atoms with Gasteiger partial charge in [-0.25, -0.2) is 4.57 Å². The summed E-state index contributed by atoms with van der Waals surface area (Å²) in [6.07, 6.45) is 3.09. The molecule has 0 saturated carbocycles. The Labute approximate surface area is 160 Å². The zero-order valence-electron chi connectivity index (χ0n) is 15.4. The van der Waals surface area contributed by atoms with Gasteiger partial charge in [0.25, 0.3) is 0 Å². The first-order valence-corrected chi connectivity index (χ1v) is 8.81. The molecule has 3 aromatic rings. The standard InChI is InChI=1S/C21H24N3O.ClH/c1-15-9-16(2)21(17(3)10-15)24-14-23-19(12-25-13-20(23)22-24)11-18-7-5-4-6-8-18;/h4-10,14,19H,11-13H2,1-3H3;1H/q+1;/p-1/t19-;/m1./s1. The van der Waals surface area contributed by atoms with E-state index in [1.54, 1.807) is 0 Å². The number of hydrogen-bond acceptors (Lipinski definition) is 2. The molecule has 4 rings (SSSR count). The van der Waals surface area contributed by atoms with Crippen LogP contribution >= 0.6 is 0 Å². The summed E-state index contributed by atoms with van der Waals surface area (Å²) in [5.41, 5.74) is 6.28. The van der Waals surface area contributed by atoms with Crippen LogP contribution < -0.4 is 17.0 Å². The maximum atomic E-state index is 5.81. The number of benzene rings is 2. The second kappa shape index (κ2) is 7.60. The van der Waals surface area contributed by atoms with Crippen molar-refractivity contribution < 1.29 is 21.7 Å². The van der Waals surface area contributed by atoms with Crippen molar-refractivity contribution in [3.8, 4) is 5.69 Å².